The van der Waals surface area contributed by atoms with E-state index in [-0.39, 0.29) is 11.9 Å². The summed E-state index contributed by atoms with van der Waals surface area (Å²) in [6, 6.07) is 1.56. The Morgan fingerprint density at radius 3 is 3.00 bits per heavy atom. The molecule has 13 heavy (non-hydrogen) atoms. The third kappa shape index (κ3) is 3.08. The summed E-state index contributed by atoms with van der Waals surface area (Å²) in [5.74, 6) is -0.307. The third-order valence-electron chi connectivity index (χ3n) is 1.82. The van der Waals surface area contributed by atoms with Gasteiger partial charge < -0.3 is 11.1 Å². The summed E-state index contributed by atoms with van der Waals surface area (Å²) in [6.45, 7) is 3.25. The molecule has 0 aliphatic carbocycles. The summed E-state index contributed by atoms with van der Waals surface area (Å²) >= 11 is 0. The van der Waals surface area contributed by atoms with Crippen molar-refractivity contribution in [3.63, 3.8) is 0 Å². The van der Waals surface area contributed by atoms with Gasteiger partial charge in [-0.05, 0) is 18.6 Å². The molecule has 0 spiro atoms. The molecule has 1 atom stereocenters. The second kappa shape index (κ2) is 4.89. The van der Waals surface area contributed by atoms with Gasteiger partial charge >= 0.3 is 0 Å². The van der Waals surface area contributed by atoms with E-state index >= 15 is 0 Å². The van der Waals surface area contributed by atoms with E-state index in [1.54, 1.807) is 6.20 Å². The first-order valence-corrected chi connectivity index (χ1v) is 4.28. The van der Waals surface area contributed by atoms with Crippen molar-refractivity contribution in [2.45, 2.75) is 13.0 Å². The summed E-state index contributed by atoms with van der Waals surface area (Å²) in [6.07, 6.45) is 2.84. The van der Waals surface area contributed by atoms with Crippen molar-refractivity contribution in [2.24, 2.45) is 5.73 Å². The number of pyridine rings is 1. The average Bonchev–Trinajstić information content (AvgIpc) is 2.14. The van der Waals surface area contributed by atoms with Crippen LogP contribution in [0.2, 0.25) is 0 Å². The van der Waals surface area contributed by atoms with Crippen LogP contribution in [0.1, 0.15) is 18.5 Å². The highest BCUT2D eigenvalue weighted by atomic mass is 19.1. The zero-order valence-electron chi connectivity index (χ0n) is 7.63. The Morgan fingerprint density at radius 2 is 2.38 bits per heavy atom. The molecule has 0 amide bonds. The summed E-state index contributed by atoms with van der Waals surface area (Å²) in [4.78, 5) is 3.77. The topological polar surface area (TPSA) is 50.9 Å². The summed E-state index contributed by atoms with van der Waals surface area (Å²) in [7, 11) is 0. The van der Waals surface area contributed by atoms with Gasteiger partial charge in [-0.2, -0.15) is 0 Å². The standard InChI is InChI=1S/C9H14FN3/c1-7(13-3-2-11)8-4-9(10)6-12-5-8/h4-7,13H,2-3,11H2,1H3. The highest BCUT2D eigenvalue weighted by Gasteiger charge is 2.04. The normalized spacial score (nSPS) is 12.8. The Morgan fingerprint density at radius 1 is 1.62 bits per heavy atom. The minimum absolute atomic E-state index is 0.0896. The highest BCUT2D eigenvalue weighted by molar-refractivity contribution is 5.14. The second-order valence-electron chi connectivity index (χ2n) is 2.90. The number of hydrogen-bond acceptors (Lipinski definition) is 3. The van der Waals surface area contributed by atoms with Crippen molar-refractivity contribution in [3.8, 4) is 0 Å². The quantitative estimate of drug-likeness (QED) is 0.727. The minimum Gasteiger partial charge on any atom is -0.329 e. The number of nitrogens with one attached hydrogen (secondary N) is 1. The van der Waals surface area contributed by atoms with Crippen LogP contribution in [0.3, 0.4) is 0 Å². The molecular formula is C9H14FN3. The fourth-order valence-corrected chi connectivity index (χ4v) is 1.08. The van der Waals surface area contributed by atoms with Gasteiger partial charge in [-0.3, -0.25) is 4.98 Å². The average molecular weight is 183 g/mol. The Bertz CT molecular complexity index is 265. The lowest BCUT2D eigenvalue weighted by atomic mass is 10.1. The number of nitrogens with zero attached hydrogens (tertiary/aromatic N) is 1. The van der Waals surface area contributed by atoms with Crippen LogP contribution in [-0.4, -0.2) is 18.1 Å². The molecule has 0 aliphatic rings. The fourth-order valence-electron chi connectivity index (χ4n) is 1.08. The first-order valence-electron chi connectivity index (χ1n) is 4.28. The molecule has 1 rings (SSSR count). The van der Waals surface area contributed by atoms with E-state index in [1.165, 1.54) is 12.3 Å². The van der Waals surface area contributed by atoms with E-state index < -0.39 is 0 Å². The third-order valence-corrected chi connectivity index (χ3v) is 1.82. The molecule has 3 N–H and O–H groups in total. The molecule has 1 aromatic rings. The number of nitrogens with two attached hydrogens (primary N) is 1. The van der Waals surface area contributed by atoms with Gasteiger partial charge in [-0.1, -0.05) is 0 Å². The summed E-state index contributed by atoms with van der Waals surface area (Å²) in [5, 5.41) is 3.14. The zero-order valence-corrected chi connectivity index (χ0v) is 7.63. The Labute approximate surface area is 77.2 Å². The number of aromatic nitrogens is 1. The molecule has 0 aliphatic heterocycles. The Hall–Kier alpha value is -1.00. The molecule has 0 bridgehead atoms. The molecule has 72 valence electrons. The predicted molar refractivity (Wildman–Crippen MR) is 49.7 cm³/mol. The highest BCUT2D eigenvalue weighted by Crippen LogP contribution is 2.10. The molecule has 0 aromatic carbocycles. The Balaban J connectivity index is 2.60. The van der Waals surface area contributed by atoms with Crippen LogP contribution < -0.4 is 11.1 Å². The summed E-state index contributed by atoms with van der Waals surface area (Å²) in [5.41, 5.74) is 6.17. The van der Waals surface area contributed by atoms with E-state index in [1.807, 2.05) is 6.92 Å². The van der Waals surface area contributed by atoms with E-state index in [9.17, 15) is 4.39 Å². The molecular weight excluding hydrogens is 169 g/mol. The van der Waals surface area contributed by atoms with Crippen molar-refractivity contribution < 1.29 is 4.39 Å². The number of hydrogen-bond donors (Lipinski definition) is 2. The molecule has 0 saturated carbocycles. The van der Waals surface area contributed by atoms with Gasteiger partial charge in [0.05, 0.1) is 6.20 Å². The smallest absolute Gasteiger partial charge is 0.141 e. The molecule has 3 nitrogen and oxygen atoms in total. The number of halogens is 1. The maximum Gasteiger partial charge on any atom is 0.141 e. The monoisotopic (exact) mass is 183 g/mol. The van der Waals surface area contributed by atoms with Crippen LogP contribution in [0.4, 0.5) is 4.39 Å². The van der Waals surface area contributed by atoms with Crippen LogP contribution in [0.15, 0.2) is 18.5 Å². The molecule has 0 radical (unpaired) electrons. The van der Waals surface area contributed by atoms with Crippen molar-refractivity contribution in [3.05, 3.63) is 29.8 Å². The maximum atomic E-state index is 12.7. The predicted octanol–water partition coefficient (Wildman–Crippen LogP) is 0.830. The van der Waals surface area contributed by atoms with E-state index in [0.717, 1.165) is 12.1 Å². The summed E-state index contributed by atoms with van der Waals surface area (Å²) < 4.78 is 12.7. The van der Waals surface area contributed by atoms with Gasteiger partial charge in [0.25, 0.3) is 0 Å². The second-order valence-corrected chi connectivity index (χ2v) is 2.90. The van der Waals surface area contributed by atoms with Crippen LogP contribution in [-0.2, 0) is 0 Å². The molecule has 1 heterocycles. The van der Waals surface area contributed by atoms with Gasteiger partial charge in [0.15, 0.2) is 0 Å². The van der Waals surface area contributed by atoms with Gasteiger partial charge in [0, 0.05) is 25.3 Å². The minimum atomic E-state index is -0.307. The molecule has 1 aromatic heterocycles. The largest absolute Gasteiger partial charge is 0.329 e. The first kappa shape index (κ1) is 10.1. The van der Waals surface area contributed by atoms with Crippen molar-refractivity contribution in [1.29, 1.82) is 0 Å². The SMILES string of the molecule is CC(NCCN)c1cncc(F)c1. The molecule has 0 fully saturated rings. The van der Waals surface area contributed by atoms with Crippen LogP contribution in [0.25, 0.3) is 0 Å². The maximum absolute atomic E-state index is 12.7. The molecule has 4 heteroatoms. The van der Waals surface area contributed by atoms with Crippen molar-refractivity contribution in [2.75, 3.05) is 13.1 Å². The van der Waals surface area contributed by atoms with Crippen molar-refractivity contribution >= 4 is 0 Å². The zero-order chi connectivity index (χ0) is 9.68. The van der Waals surface area contributed by atoms with Crippen LogP contribution in [0, 0.1) is 5.82 Å². The lowest BCUT2D eigenvalue weighted by Crippen LogP contribution is -2.25. The first-order chi connectivity index (χ1) is 6.24. The number of rotatable bonds is 4. The molecule has 1 unspecified atom stereocenters. The van der Waals surface area contributed by atoms with Crippen LogP contribution >= 0.6 is 0 Å². The van der Waals surface area contributed by atoms with Crippen molar-refractivity contribution in [1.82, 2.24) is 10.3 Å². The van der Waals surface area contributed by atoms with Gasteiger partial charge in [-0.15, -0.1) is 0 Å². The fraction of sp³-hybridized carbons (Fsp3) is 0.444. The van der Waals surface area contributed by atoms with Gasteiger partial charge in [0.1, 0.15) is 5.82 Å². The Kier molecular flexibility index (Phi) is 3.79. The van der Waals surface area contributed by atoms with E-state index in [2.05, 4.69) is 10.3 Å². The van der Waals surface area contributed by atoms with Gasteiger partial charge in [0.2, 0.25) is 0 Å². The lowest BCUT2D eigenvalue weighted by molar-refractivity contribution is 0.567. The van der Waals surface area contributed by atoms with E-state index in [4.69, 9.17) is 5.73 Å². The molecule has 0 saturated heterocycles. The van der Waals surface area contributed by atoms with E-state index in [0.29, 0.717) is 6.54 Å². The van der Waals surface area contributed by atoms with Crippen LogP contribution in [0.5, 0.6) is 0 Å². The van der Waals surface area contributed by atoms with Gasteiger partial charge in [-0.25, -0.2) is 4.39 Å². The lowest BCUT2D eigenvalue weighted by Gasteiger charge is -2.12.